The molecule has 0 radical (unpaired) electrons. The fourth-order valence-corrected chi connectivity index (χ4v) is 2.88. The summed E-state index contributed by atoms with van der Waals surface area (Å²) in [5, 5.41) is 3.15. The van der Waals surface area contributed by atoms with Crippen molar-refractivity contribution in [3.63, 3.8) is 0 Å². The number of rotatable bonds is 6. The van der Waals surface area contributed by atoms with E-state index in [9.17, 15) is 13.2 Å². The second-order valence-corrected chi connectivity index (χ2v) is 6.65. The summed E-state index contributed by atoms with van der Waals surface area (Å²) < 4.78 is 26.2. The Morgan fingerprint density at radius 1 is 1.37 bits per heavy atom. The fraction of sp³-hybridized carbons (Fsp3) is 0.417. The lowest BCUT2D eigenvalue weighted by molar-refractivity contribution is -0.121. The normalized spacial score (nSPS) is 15.2. The van der Waals surface area contributed by atoms with Gasteiger partial charge in [0.15, 0.2) is 0 Å². The topological polar surface area (TPSA) is 75.3 Å². The third-order valence-electron chi connectivity index (χ3n) is 2.69. The van der Waals surface area contributed by atoms with Crippen molar-refractivity contribution >= 4 is 27.5 Å². The number of hydrogen-bond acceptors (Lipinski definition) is 3. The molecule has 1 saturated carbocycles. The van der Waals surface area contributed by atoms with Crippen LogP contribution in [0.1, 0.15) is 19.3 Å². The molecule has 0 unspecified atom stereocenters. The summed E-state index contributed by atoms with van der Waals surface area (Å²) in [5.41, 5.74) is 0. The zero-order valence-electron chi connectivity index (χ0n) is 10.2. The van der Waals surface area contributed by atoms with E-state index in [1.165, 1.54) is 12.1 Å². The average molecular weight is 303 g/mol. The largest absolute Gasteiger partial charge is 0.353 e. The minimum absolute atomic E-state index is 0.0768. The highest BCUT2D eigenvalue weighted by Gasteiger charge is 2.23. The molecule has 0 bridgehead atoms. The maximum atomic E-state index is 11.9. The first kappa shape index (κ1) is 14.3. The van der Waals surface area contributed by atoms with Gasteiger partial charge >= 0.3 is 0 Å². The highest BCUT2D eigenvalue weighted by Crippen LogP contribution is 2.18. The number of carbonyl (C=O) groups is 1. The summed E-state index contributed by atoms with van der Waals surface area (Å²) in [6.07, 6.45) is 2.16. The van der Waals surface area contributed by atoms with E-state index in [0.29, 0.717) is 5.02 Å². The summed E-state index contributed by atoms with van der Waals surface area (Å²) >= 11 is 5.74. The zero-order valence-corrected chi connectivity index (χ0v) is 11.8. The molecule has 1 aliphatic rings. The zero-order chi connectivity index (χ0) is 13.9. The molecule has 19 heavy (non-hydrogen) atoms. The molecule has 0 spiro atoms. The van der Waals surface area contributed by atoms with Crippen LogP contribution in [0.3, 0.4) is 0 Å². The number of nitrogens with one attached hydrogen (secondary N) is 2. The van der Waals surface area contributed by atoms with Crippen LogP contribution in [0.2, 0.25) is 5.02 Å². The van der Waals surface area contributed by atoms with Crippen LogP contribution in [0.25, 0.3) is 0 Å². The molecule has 0 aliphatic heterocycles. The predicted octanol–water partition coefficient (Wildman–Crippen LogP) is 1.29. The van der Waals surface area contributed by atoms with Crippen molar-refractivity contribution in [1.82, 2.24) is 10.0 Å². The standard InChI is InChI=1S/C12H15ClN2O3S/c13-9-2-1-3-11(8-9)19(17,18)14-7-6-12(16)15-10-4-5-10/h1-3,8,10,14H,4-7H2,(H,15,16). The lowest BCUT2D eigenvalue weighted by Gasteiger charge is -2.07. The van der Waals surface area contributed by atoms with Crippen LogP contribution in [0, 0.1) is 0 Å². The Morgan fingerprint density at radius 2 is 2.11 bits per heavy atom. The first-order valence-corrected chi connectivity index (χ1v) is 7.88. The summed E-state index contributed by atoms with van der Waals surface area (Å²) in [7, 11) is -3.61. The van der Waals surface area contributed by atoms with E-state index >= 15 is 0 Å². The second-order valence-electron chi connectivity index (χ2n) is 4.45. The van der Waals surface area contributed by atoms with Gasteiger partial charge in [-0.3, -0.25) is 4.79 Å². The number of halogens is 1. The molecule has 0 heterocycles. The Bertz CT molecular complexity index is 570. The lowest BCUT2D eigenvalue weighted by Crippen LogP contribution is -2.31. The first-order valence-electron chi connectivity index (χ1n) is 6.02. The van der Waals surface area contributed by atoms with E-state index in [1.807, 2.05) is 0 Å². The molecule has 2 N–H and O–H groups in total. The summed E-state index contributed by atoms with van der Waals surface area (Å²) in [6.45, 7) is 0.0768. The van der Waals surface area contributed by atoms with Crippen molar-refractivity contribution in [2.45, 2.75) is 30.2 Å². The van der Waals surface area contributed by atoms with Crippen LogP contribution < -0.4 is 10.0 Å². The molecule has 1 fully saturated rings. The molecule has 104 valence electrons. The molecule has 1 amide bonds. The molecule has 5 nitrogen and oxygen atoms in total. The molecular formula is C12H15ClN2O3S. The van der Waals surface area contributed by atoms with Crippen molar-refractivity contribution in [2.75, 3.05) is 6.54 Å². The van der Waals surface area contributed by atoms with E-state index in [1.54, 1.807) is 12.1 Å². The van der Waals surface area contributed by atoms with Crippen LogP contribution in [0.5, 0.6) is 0 Å². The van der Waals surface area contributed by atoms with E-state index in [2.05, 4.69) is 10.0 Å². The van der Waals surface area contributed by atoms with Crippen LogP contribution in [-0.4, -0.2) is 26.9 Å². The van der Waals surface area contributed by atoms with Gasteiger partial charge in [0, 0.05) is 24.0 Å². The van der Waals surface area contributed by atoms with Gasteiger partial charge in [-0.15, -0.1) is 0 Å². The lowest BCUT2D eigenvalue weighted by atomic mass is 10.4. The maximum Gasteiger partial charge on any atom is 0.240 e. The Hall–Kier alpha value is -1.11. The van der Waals surface area contributed by atoms with Gasteiger partial charge in [0.25, 0.3) is 0 Å². The Morgan fingerprint density at radius 3 is 2.74 bits per heavy atom. The van der Waals surface area contributed by atoms with Gasteiger partial charge in [-0.25, -0.2) is 13.1 Å². The first-order chi connectivity index (χ1) is 8.97. The summed E-state index contributed by atoms with van der Waals surface area (Å²) in [6, 6.07) is 6.28. The Kier molecular flexibility index (Phi) is 4.44. The predicted molar refractivity (Wildman–Crippen MR) is 72.4 cm³/mol. The Labute approximate surface area is 117 Å². The molecular weight excluding hydrogens is 288 g/mol. The van der Waals surface area contributed by atoms with Gasteiger partial charge in [0.2, 0.25) is 15.9 Å². The van der Waals surface area contributed by atoms with Gasteiger partial charge in [0.1, 0.15) is 0 Å². The molecule has 0 atom stereocenters. The van der Waals surface area contributed by atoms with E-state index < -0.39 is 10.0 Å². The number of amides is 1. The van der Waals surface area contributed by atoms with Gasteiger partial charge in [0.05, 0.1) is 4.90 Å². The van der Waals surface area contributed by atoms with Crippen LogP contribution in [-0.2, 0) is 14.8 Å². The molecule has 7 heteroatoms. The van der Waals surface area contributed by atoms with Gasteiger partial charge in [-0.1, -0.05) is 17.7 Å². The van der Waals surface area contributed by atoms with Crippen molar-refractivity contribution in [2.24, 2.45) is 0 Å². The Balaban J connectivity index is 1.85. The summed E-state index contributed by atoms with van der Waals surface area (Å²) in [4.78, 5) is 11.5. The van der Waals surface area contributed by atoms with Crippen molar-refractivity contribution in [3.8, 4) is 0 Å². The number of benzene rings is 1. The van der Waals surface area contributed by atoms with Crippen LogP contribution in [0.15, 0.2) is 29.2 Å². The highest BCUT2D eigenvalue weighted by molar-refractivity contribution is 7.89. The maximum absolute atomic E-state index is 11.9. The van der Waals surface area contributed by atoms with Crippen LogP contribution >= 0.6 is 11.6 Å². The van der Waals surface area contributed by atoms with E-state index in [0.717, 1.165) is 12.8 Å². The molecule has 2 rings (SSSR count). The molecule has 1 aliphatic carbocycles. The molecule has 1 aromatic carbocycles. The number of carbonyl (C=O) groups excluding carboxylic acids is 1. The highest BCUT2D eigenvalue weighted by atomic mass is 35.5. The monoisotopic (exact) mass is 302 g/mol. The van der Waals surface area contributed by atoms with Crippen LogP contribution in [0.4, 0.5) is 0 Å². The van der Waals surface area contributed by atoms with E-state index in [-0.39, 0.29) is 29.8 Å². The quantitative estimate of drug-likeness (QED) is 0.831. The number of hydrogen-bond donors (Lipinski definition) is 2. The second kappa shape index (κ2) is 5.90. The third-order valence-corrected chi connectivity index (χ3v) is 4.39. The van der Waals surface area contributed by atoms with Gasteiger partial charge < -0.3 is 5.32 Å². The summed E-state index contributed by atoms with van der Waals surface area (Å²) in [5.74, 6) is -0.128. The van der Waals surface area contributed by atoms with Crippen molar-refractivity contribution in [3.05, 3.63) is 29.3 Å². The SMILES string of the molecule is O=C(CCNS(=O)(=O)c1cccc(Cl)c1)NC1CC1. The molecule has 1 aromatic rings. The number of sulfonamides is 1. The molecule has 0 saturated heterocycles. The fourth-order valence-electron chi connectivity index (χ4n) is 1.54. The average Bonchev–Trinajstić information content (AvgIpc) is 3.12. The van der Waals surface area contributed by atoms with Gasteiger partial charge in [-0.05, 0) is 31.0 Å². The van der Waals surface area contributed by atoms with Crippen molar-refractivity contribution < 1.29 is 13.2 Å². The van der Waals surface area contributed by atoms with E-state index in [4.69, 9.17) is 11.6 Å². The minimum atomic E-state index is -3.61. The van der Waals surface area contributed by atoms with Gasteiger partial charge in [-0.2, -0.15) is 0 Å². The minimum Gasteiger partial charge on any atom is -0.353 e. The molecule has 0 aromatic heterocycles. The third kappa shape index (κ3) is 4.49. The van der Waals surface area contributed by atoms with Crippen molar-refractivity contribution in [1.29, 1.82) is 0 Å². The smallest absolute Gasteiger partial charge is 0.240 e.